The van der Waals surface area contributed by atoms with Crippen LogP contribution in [0.3, 0.4) is 0 Å². The van der Waals surface area contributed by atoms with E-state index < -0.39 is 0 Å². The molecule has 4 heteroatoms. The summed E-state index contributed by atoms with van der Waals surface area (Å²) in [6.07, 6.45) is 0. The van der Waals surface area contributed by atoms with Gasteiger partial charge >= 0.3 is 0 Å². The third kappa shape index (κ3) is 4.20. The zero-order valence-electron chi connectivity index (χ0n) is 16.2. The van der Waals surface area contributed by atoms with Crippen molar-refractivity contribution in [1.82, 2.24) is 10.6 Å². The maximum Gasteiger partial charge on any atom is 0.192 e. The van der Waals surface area contributed by atoms with E-state index in [0.717, 1.165) is 5.96 Å². The molecule has 28 heavy (non-hydrogen) atoms. The number of halogens is 1. The largest absolute Gasteiger partial charge is 0.347 e. The Bertz CT molecular complexity index is 897. The van der Waals surface area contributed by atoms with E-state index in [1.165, 1.54) is 27.8 Å². The van der Waals surface area contributed by atoms with Gasteiger partial charge in [-0.25, -0.2) is 4.99 Å². The fourth-order valence-corrected chi connectivity index (χ4v) is 3.73. The molecule has 1 fully saturated rings. The second-order valence-electron chi connectivity index (χ2n) is 7.11. The van der Waals surface area contributed by atoms with E-state index in [1.54, 1.807) is 0 Å². The second-order valence-corrected chi connectivity index (χ2v) is 7.11. The number of nitrogens with zero attached hydrogens (tertiary/aromatic N) is 1. The van der Waals surface area contributed by atoms with Crippen molar-refractivity contribution in [2.24, 2.45) is 4.99 Å². The summed E-state index contributed by atoms with van der Waals surface area (Å²) in [4.78, 5) is 4.80. The lowest BCUT2D eigenvalue weighted by Crippen LogP contribution is -2.25. The molecule has 144 valence electrons. The third-order valence-corrected chi connectivity index (χ3v) is 5.23. The van der Waals surface area contributed by atoms with Gasteiger partial charge in [0.2, 0.25) is 0 Å². The molecule has 0 radical (unpaired) electrons. The van der Waals surface area contributed by atoms with Gasteiger partial charge in [-0.05, 0) is 41.7 Å². The van der Waals surface area contributed by atoms with Crippen LogP contribution < -0.4 is 10.6 Å². The Morgan fingerprint density at radius 2 is 1.14 bits per heavy atom. The molecule has 2 N–H and O–H groups in total. The van der Waals surface area contributed by atoms with Gasteiger partial charge in [-0.3, -0.25) is 0 Å². The van der Waals surface area contributed by atoms with Crippen molar-refractivity contribution in [3.05, 3.63) is 107 Å². The minimum absolute atomic E-state index is 0. The highest BCUT2D eigenvalue weighted by molar-refractivity contribution is 5.85. The standard InChI is InChI=1S/C24H25N3.ClH/c1-17-10-6-8-14-20(17)22-23(21-15-9-7-11-18(21)2)27-24(26-22)25-16-19-12-4-3-5-13-19;/h3-15,22-23H,16H2,1-2H3,(H2,25,26,27);1H/t22-,23+;. The first kappa shape index (κ1) is 20.0. The van der Waals surface area contributed by atoms with Gasteiger partial charge in [0.1, 0.15) is 0 Å². The topological polar surface area (TPSA) is 36.4 Å². The Hall–Kier alpha value is -2.78. The number of guanidine groups is 1. The molecule has 1 aliphatic rings. The van der Waals surface area contributed by atoms with Crippen LogP contribution in [0.5, 0.6) is 0 Å². The number of benzene rings is 3. The van der Waals surface area contributed by atoms with Crippen LogP contribution in [0.15, 0.2) is 83.9 Å². The fourth-order valence-electron chi connectivity index (χ4n) is 3.73. The van der Waals surface area contributed by atoms with Crippen LogP contribution in [0, 0.1) is 13.8 Å². The Balaban J connectivity index is 0.00000225. The summed E-state index contributed by atoms with van der Waals surface area (Å²) in [5.41, 5.74) is 6.41. The monoisotopic (exact) mass is 391 g/mol. The molecule has 0 saturated carbocycles. The molecular formula is C24H26ClN3. The molecule has 4 rings (SSSR count). The van der Waals surface area contributed by atoms with Crippen molar-refractivity contribution < 1.29 is 0 Å². The van der Waals surface area contributed by atoms with Gasteiger partial charge in [0.15, 0.2) is 5.96 Å². The Morgan fingerprint density at radius 1 is 0.679 bits per heavy atom. The van der Waals surface area contributed by atoms with Gasteiger partial charge in [0.25, 0.3) is 0 Å². The fraction of sp³-hybridized carbons (Fsp3) is 0.208. The highest BCUT2D eigenvalue weighted by atomic mass is 35.5. The zero-order chi connectivity index (χ0) is 18.6. The smallest absolute Gasteiger partial charge is 0.192 e. The molecule has 0 unspecified atom stereocenters. The number of rotatable bonds is 4. The van der Waals surface area contributed by atoms with E-state index in [-0.39, 0.29) is 24.5 Å². The number of aryl methyl sites for hydroxylation is 2. The first-order valence-electron chi connectivity index (χ1n) is 9.45. The van der Waals surface area contributed by atoms with Gasteiger partial charge in [-0.2, -0.15) is 0 Å². The Labute approximate surface area is 173 Å². The van der Waals surface area contributed by atoms with Crippen molar-refractivity contribution in [3.63, 3.8) is 0 Å². The molecule has 0 amide bonds. The summed E-state index contributed by atoms with van der Waals surface area (Å²) in [6, 6.07) is 27.8. The molecule has 2 atom stereocenters. The van der Waals surface area contributed by atoms with Crippen LogP contribution >= 0.6 is 12.4 Å². The molecule has 0 bridgehead atoms. The van der Waals surface area contributed by atoms with E-state index in [1.807, 2.05) is 6.07 Å². The molecule has 3 aromatic carbocycles. The molecule has 1 heterocycles. The highest BCUT2D eigenvalue weighted by Gasteiger charge is 2.34. The van der Waals surface area contributed by atoms with Crippen LogP contribution in [-0.4, -0.2) is 5.96 Å². The maximum absolute atomic E-state index is 4.80. The van der Waals surface area contributed by atoms with E-state index in [0.29, 0.717) is 6.54 Å². The maximum atomic E-state index is 4.80. The predicted octanol–water partition coefficient (Wildman–Crippen LogP) is 5.26. The molecule has 0 spiro atoms. The third-order valence-electron chi connectivity index (χ3n) is 5.23. The summed E-state index contributed by atoms with van der Waals surface area (Å²) < 4.78 is 0. The van der Waals surface area contributed by atoms with Crippen LogP contribution in [0.25, 0.3) is 0 Å². The average molecular weight is 392 g/mol. The lowest BCUT2D eigenvalue weighted by atomic mass is 9.90. The molecule has 1 aliphatic heterocycles. The lowest BCUT2D eigenvalue weighted by molar-refractivity contribution is 0.549. The van der Waals surface area contributed by atoms with Crippen LogP contribution in [0.1, 0.15) is 39.9 Å². The van der Waals surface area contributed by atoms with E-state index >= 15 is 0 Å². The van der Waals surface area contributed by atoms with Crippen molar-refractivity contribution in [2.75, 3.05) is 0 Å². The summed E-state index contributed by atoms with van der Waals surface area (Å²) in [5, 5.41) is 7.27. The Morgan fingerprint density at radius 3 is 1.64 bits per heavy atom. The van der Waals surface area contributed by atoms with Crippen molar-refractivity contribution >= 4 is 18.4 Å². The van der Waals surface area contributed by atoms with E-state index in [2.05, 4.69) is 97.3 Å². The molecule has 1 saturated heterocycles. The summed E-state index contributed by atoms with van der Waals surface area (Å²) in [5.74, 6) is 0.861. The van der Waals surface area contributed by atoms with Crippen LogP contribution in [0.2, 0.25) is 0 Å². The van der Waals surface area contributed by atoms with Crippen molar-refractivity contribution in [2.45, 2.75) is 32.5 Å². The van der Waals surface area contributed by atoms with Crippen LogP contribution in [-0.2, 0) is 6.54 Å². The van der Waals surface area contributed by atoms with Gasteiger partial charge < -0.3 is 10.6 Å². The predicted molar refractivity (Wildman–Crippen MR) is 119 cm³/mol. The molecular weight excluding hydrogens is 366 g/mol. The summed E-state index contributed by atoms with van der Waals surface area (Å²) in [6.45, 7) is 5.01. The number of nitrogens with one attached hydrogen (secondary N) is 2. The average Bonchev–Trinajstić information content (AvgIpc) is 3.12. The molecule has 0 aliphatic carbocycles. The first-order valence-corrected chi connectivity index (χ1v) is 9.45. The molecule has 0 aromatic heterocycles. The quantitative estimate of drug-likeness (QED) is 0.636. The van der Waals surface area contributed by atoms with Gasteiger partial charge in [0.05, 0.1) is 18.6 Å². The Kier molecular flexibility index (Phi) is 6.37. The SMILES string of the molecule is Cc1ccccc1[C@H]1NC(=NCc2ccccc2)N[C@H]1c1ccccc1C.Cl. The first-order chi connectivity index (χ1) is 13.2. The minimum atomic E-state index is 0. The minimum Gasteiger partial charge on any atom is -0.347 e. The lowest BCUT2D eigenvalue weighted by Gasteiger charge is -2.22. The highest BCUT2D eigenvalue weighted by Crippen LogP contribution is 2.35. The van der Waals surface area contributed by atoms with Crippen LogP contribution in [0.4, 0.5) is 0 Å². The second kappa shape index (κ2) is 8.94. The van der Waals surface area contributed by atoms with Crippen molar-refractivity contribution in [3.8, 4) is 0 Å². The number of aliphatic imine (C=N–C) groups is 1. The molecule has 3 nitrogen and oxygen atoms in total. The van der Waals surface area contributed by atoms with Gasteiger partial charge in [-0.15, -0.1) is 12.4 Å². The van der Waals surface area contributed by atoms with E-state index in [4.69, 9.17) is 4.99 Å². The summed E-state index contributed by atoms with van der Waals surface area (Å²) >= 11 is 0. The number of hydrogen-bond acceptors (Lipinski definition) is 1. The van der Waals surface area contributed by atoms with Gasteiger partial charge in [0, 0.05) is 0 Å². The molecule has 3 aromatic rings. The normalized spacial score (nSPS) is 19.6. The zero-order valence-corrected chi connectivity index (χ0v) is 17.0. The van der Waals surface area contributed by atoms with E-state index in [9.17, 15) is 0 Å². The summed E-state index contributed by atoms with van der Waals surface area (Å²) in [7, 11) is 0. The van der Waals surface area contributed by atoms with Gasteiger partial charge in [-0.1, -0.05) is 78.9 Å². The van der Waals surface area contributed by atoms with Crippen molar-refractivity contribution in [1.29, 1.82) is 0 Å². The number of hydrogen-bond donors (Lipinski definition) is 2.